The van der Waals surface area contributed by atoms with Crippen LogP contribution in [0.3, 0.4) is 0 Å². The molecule has 1 heterocycles. The monoisotopic (exact) mass is 303 g/mol. The van der Waals surface area contributed by atoms with Gasteiger partial charge in [0.05, 0.1) is 12.2 Å². The van der Waals surface area contributed by atoms with Crippen LogP contribution in [0.1, 0.15) is 37.0 Å². The van der Waals surface area contributed by atoms with Crippen molar-refractivity contribution in [2.75, 3.05) is 25.0 Å². The van der Waals surface area contributed by atoms with E-state index in [1.807, 2.05) is 6.07 Å². The summed E-state index contributed by atoms with van der Waals surface area (Å²) in [5.74, 6) is 0.361. The van der Waals surface area contributed by atoms with Crippen molar-refractivity contribution in [1.29, 1.82) is 0 Å². The first kappa shape index (κ1) is 16.6. The van der Waals surface area contributed by atoms with E-state index in [4.69, 9.17) is 5.73 Å². The topological polar surface area (TPSA) is 75.4 Å². The maximum atomic E-state index is 12.3. The highest BCUT2D eigenvalue weighted by Crippen LogP contribution is 2.22. The van der Waals surface area contributed by atoms with E-state index in [1.54, 1.807) is 18.2 Å². The standard InChI is InChI=1S/C17H25N3O2/c1-12-6-5-9-20(16(12)10-18)11-17(22)19-15-8-4-3-7-14(15)13(2)21/h3-4,7-8,12,16H,5-6,9-11,18H2,1-2H3,(H,19,22). The smallest absolute Gasteiger partial charge is 0.238 e. The fourth-order valence-corrected chi connectivity index (χ4v) is 3.19. The van der Waals surface area contributed by atoms with Crippen LogP contribution in [0.15, 0.2) is 24.3 Å². The molecule has 5 nitrogen and oxygen atoms in total. The lowest BCUT2D eigenvalue weighted by Crippen LogP contribution is -2.51. The molecule has 1 aromatic carbocycles. The Balaban J connectivity index is 2.02. The minimum Gasteiger partial charge on any atom is -0.329 e. The highest BCUT2D eigenvalue weighted by Gasteiger charge is 2.28. The zero-order valence-electron chi connectivity index (χ0n) is 13.3. The minimum absolute atomic E-state index is 0.0534. The van der Waals surface area contributed by atoms with Crippen LogP contribution < -0.4 is 11.1 Å². The third kappa shape index (κ3) is 3.93. The number of nitrogens with zero attached hydrogens (tertiary/aromatic N) is 1. The fraction of sp³-hybridized carbons (Fsp3) is 0.529. The van der Waals surface area contributed by atoms with Crippen LogP contribution in [0.4, 0.5) is 5.69 Å². The Morgan fingerprint density at radius 3 is 2.77 bits per heavy atom. The van der Waals surface area contributed by atoms with Gasteiger partial charge in [-0.15, -0.1) is 0 Å². The molecule has 2 rings (SSSR count). The van der Waals surface area contributed by atoms with E-state index in [9.17, 15) is 9.59 Å². The van der Waals surface area contributed by atoms with Crippen LogP contribution in [0.2, 0.25) is 0 Å². The Kier molecular flexibility index (Phi) is 5.69. The second-order valence-electron chi connectivity index (χ2n) is 6.04. The maximum absolute atomic E-state index is 12.3. The predicted octanol–water partition coefficient (Wildman–Crippen LogP) is 1.89. The molecule has 3 N–H and O–H groups in total. The molecule has 1 saturated heterocycles. The SMILES string of the molecule is CC(=O)c1ccccc1NC(=O)CN1CCCC(C)C1CN. The lowest BCUT2D eigenvalue weighted by Gasteiger charge is -2.38. The molecule has 1 fully saturated rings. The van der Waals surface area contributed by atoms with E-state index in [1.165, 1.54) is 6.92 Å². The second kappa shape index (κ2) is 7.51. The number of amides is 1. The first-order chi connectivity index (χ1) is 10.5. The van der Waals surface area contributed by atoms with Crippen LogP contribution in [0.25, 0.3) is 0 Å². The fourth-order valence-electron chi connectivity index (χ4n) is 3.19. The van der Waals surface area contributed by atoms with Crippen LogP contribution in [0.5, 0.6) is 0 Å². The van der Waals surface area contributed by atoms with Crippen molar-refractivity contribution in [3.05, 3.63) is 29.8 Å². The molecule has 1 aliphatic heterocycles. The van der Waals surface area contributed by atoms with Crippen molar-refractivity contribution >= 4 is 17.4 Å². The first-order valence-electron chi connectivity index (χ1n) is 7.87. The average molecular weight is 303 g/mol. The van der Waals surface area contributed by atoms with Crippen molar-refractivity contribution in [1.82, 2.24) is 4.90 Å². The average Bonchev–Trinajstić information content (AvgIpc) is 2.47. The van der Waals surface area contributed by atoms with E-state index < -0.39 is 0 Å². The van der Waals surface area contributed by atoms with Gasteiger partial charge in [0.15, 0.2) is 5.78 Å². The number of Topliss-reactive ketones (excluding diaryl/α,β-unsaturated/α-hetero) is 1. The normalized spacial score (nSPS) is 22.3. The van der Waals surface area contributed by atoms with Crippen LogP contribution in [0, 0.1) is 5.92 Å². The van der Waals surface area contributed by atoms with Gasteiger partial charge in [0, 0.05) is 18.2 Å². The van der Waals surface area contributed by atoms with E-state index in [2.05, 4.69) is 17.1 Å². The number of piperidine rings is 1. The molecule has 0 saturated carbocycles. The molecule has 5 heteroatoms. The van der Waals surface area contributed by atoms with Crippen molar-refractivity contribution in [3.63, 3.8) is 0 Å². The number of benzene rings is 1. The van der Waals surface area contributed by atoms with Gasteiger partial charge in [0.2, 0.25) is 5.91 Å². The number of nitrogens with one attached hydrogen (secondary N) is 1. The van der Waals surface area contributed by atoms with Crippen molar-refractivity contribution in [2.24, 2.45) is 11.7 Å². The van der Waals surface area contributed by atoms with Gasteiger partial charge in [0.25, 0.3) is 0 Å². The largest absolute Gasteiger partial charge is 0.329 e. The summed E-state index contributed by atoms with van der Waals surface area (Å²) >= 11 is 0. The van der Waals surface area contributed by atoms with Crippen molar-refractivity contribution in [2.45, 2.75) is 32.7 Å². The molecule has 1 aromatic rings. The van der Waals surface area contributed by atoms with Gasteiger partial charge in [-0.3, -0.25) is 14.5 Å². The summed E-state index contributed by atoms with van der Waals surface area (Å²) in [7, 11) is 0. The highest BCUT2D eigenvalue weighted by molar-refractivity contribution is 6.04. The Morgan fingerprint density at radius 2 is 2.09 bits per heavy atom. The molecule has 0 aromatic heterocycles. The summed E-state index contributed by atoms with van der Waals surface area (Å²) < 4.78 is 0. The first-order valence-corrected chi connectivity index (χ1v) is 7.87. The van der Waals surface area contributed by atoms with Gasteiger partial charge >= 0.3 is 0 Å². The quantitative estimate of drug-likeness (QED) is 0.815. The number of carbonyl (C=O) groups is 2. The zero-order chi connectivity index (χ0) is 16.1. The van der Waals surface area contributed by atoms with Crippen LogP contribution in [-0.2, 0) is 4.79 Å². The lowest BCUT2D eigenvalue weighted by atomic mass is 9.91. The summed E-state index contributed by atoms with van der Waals surface area (Å²) in [6.07, 6.45) is 2.25. The summed E-state index contributed by atoms with van der Waals surface area (Å²) in [4.78, 5) is 26.1. The van der Waals surface area contributed by atoms with Gasteiger partial charge in [-0.25, -0.2) is 0 Å². The third-order valence-corrected chi connectivity index (χ3v) is 4.40. The summed E-state index contributed by atoms with van der Waals surface area (Å²) in [5.41, 5.74) is 6.98. The molecule has 0 aliphatic carbocycles. The van der Waals surface area contributed by atoms with Crippen LogP contribution in [-0.4, -0.2) is 42.3 Å². The highest BCUT2D eigenvalue weighted by atomic mass is 16.2. The molecule has 2 atom stereocenters. The number of hydrogen-bond donors (Lipinski definition) is 2. The number of anilines is 1. The Bertz CT molecular complexity index is 544. The maximum Gasteiger partial charge on any atom is 0.238 e. The molecule has 0 radical (unpaired) electrons. The number of ketones is 1. The van der Waals surface area contributed by atoms with E-state index in [0.717, 1.165) is 19.4 Å². The number of carbonyl (C=O) groups excluding carboxylic acids is 2. The van der Waals surface area contributed by atoms with Crippen LogP contribution >= 0.6 is 0 Å². The van der Waals surface area contributed by atoms with E-state index in [-0.39, 0.29) is 17.7 Å². The van der Waals surface area contributed by atoms with E-state index in [0.29, 0.717) is 30.3 Å². The minimum atomic E-state index is -0.0961. The van der Waals surface area contributed by atoms with Gasteiger partial charge in [-0.2, -0.15) is 0 Å². The number of para-hydroxylation sites is 1. The Hall–Kier alpha value is -1.72. The Labute approximate surface area is 131 Å². The van der Waals surface area contributed by atoms with E-state index >= 15 is 0 Å². The van der Waals surface area contributed by atoms with Gasteiger partial charge in [-0.05, 0) is 44.4 Å². The molecule has 1 amide bonds. The molecular formula is C17H25N3O2. The number of nitrogens with two attached hydrogens (primary N) is 1. The predicted molar refractivity (Wildman–Crippen MR) is 87.9 cm³/mol. The summed E-state index contributed by atoms with van der Waals surface area (Å²) in [6.45, 7) is 5.47. The molecule has 2 unspecified atom stereocenters. The molecule has 22 heavy (non-hydrogen) atoms. The lowest BCUT2D eigenvalue weighted by molar-refractivity contribution is -0.118. The van der Waals surface area contributed by atoms with Gasteiger partial charge < -0.3 is 11.1 Å². The third-order valence-electron chi connectivity index (χ3n) is 4.40. The molecule has 1 aliphatic rings. The molecular weight excluding hydrogens is 278 g/mol. The van der Waals surface area contributed by atoms with Gasteiger partial charge in [0.1, 0.15) is 0 Å². The summed E-state index contributed by atoms with van der Waals surface area (Å²) in [5, 5.41) is 2.86. The molecule has 0 bridgehead atoms. The zero-order valence-corrected chi connectivity index (χ0v) is 13.3. The molecule has 120 valence electrons. The Morgan fingerprint density at radius 1 is 1.36 bits per heavy atom. The summed E-state index contributed by atoms with van der Waals surface area (Å²) in [6, 6.07) is 7.34. The van der Waals surface area contributed by atoms with Gasteiger partial charge in [-0.1, -0.05) is 19.1 Å². The van der Waals surface area contributed by atoms with Crippen molar-refractivity contribution in [3.8, 4) is 0 Å². The number of hydrogen-bond acceptors (Lipinski definition) is 4. The van der Waals surface area contributed by atoms with Crippen molar-refractivity contribution < 1.29 is 9.59 Å². The number of rotatable bonds is 5. The molecule has 0 spiro atoms. The second-order valence-corrected chi connectivity index (χ2v) is 6.04. The number of likely N-dealkylation sites (tertiary alicyclic amines) is 1.